The van der Waals surface area contributed by atoms with Gasteiger partial charge in [0.15, 0.2) is 0 Å². The minimum absolute atomic E-state index is 0.229. The van der Waals surface area contributed by atoms with Crippen LogP contribution < -0.4 is 11.1 Å². The highest BCUT2D eigenvalue weighted by molar-refractivity contribution is 5.66. The largest absolute Gasteiger partial charge is 0.397 e. The first-order valence-corrected chi connectivity index (χ1v) is 6.57. The van der Waals surface area contributed by atoms with E-state index in [2.05, 4.69) is 5.32 Å². The molecule has 1 aliphatic rings. The number of anilines is 2. The number of nitrogens with two attached hydrogens (primary N) is 1. The molecule has 2 nitrogen and oxygen atoms in total. The third-order valence-corrected chi connectivity index (χ3v) is 3.48. The normalized spacial score (nSPS) is 18.4. The van der Waals surface area contributed by atoms with Crippen molar-refractivity contribution in [2.24, 2.45) is 0 Å². The summed E-state index contributed by atoms with van der Waals surface area (Å²) in [6.07, 6.45) is 8.83. The Morgan fingerprint density at radius 2 is 1.71 bits per heavy atom. The summed E-state index contributed by atoms with van der Waals surface area (Å²) in [7, 11) is 0. The molecule has 17 heavy (non-hydrogen) atoms. The molecule has 94 valence electrons. The number of nitrogens with one attached hydrogen (secondary N) is 1. The fourth-order valence-electron chi connectivity index (χ4n) is 2.47. The van der Waals surface area contributed by atoms with Crippen LogP contribution in [0.15, 0.2) is 18.2 Å². The number of halogens is 1. The molecule has 3 N–H and O–H groups in total. The minimum Gasteiger partial charge on any atom is -0.397 e. The van der Waals surface area contributed by atoms with Crippen LogP contribution >= 0.6 is 0 Å². The van der Waals surface area contributed by atoms with E-state index in [1.165, 1.54) is 44.2 Å². The average Bonchev–Trinajstić information content (AvgIpc) is 2.27. The van der Waals surface area contributed by atoms with E-state index < -0.39 is 0 Å². The SMILES string of the molecule is Nc1ccc(F)cc1NC1CCCCCCC1. The van der Waals surface area contributed by atoms with E-state index >= 15 is 0 Å². The van der Waals surface area contributed by atoms with Gasteiger partial charge >= 0.3 is 0 Å². The highest BCUT2D eigenvalue weighted by atomic mass is 19.1. The molecule has 0 amide bonds. The third kappa shape index (κ3) is 3.62. The Hall–Kier alpha value is -1.25. The molecule has 1 aromatic carbocycles. The number of nitrogen functional groups attached to an aromatic ring is 1. The standard InChI is InChI=1S/C14H21FN2/c15-11-8-9-13(16)14(10-11)17-12-6-4-2-1-3-5-7-12/h8-10,12,17H,1-7,16H2. The summed E-state index contributed by atoms with van der Waals surface area (Å²) in [5, 5.41) is 3.39. The highest BCUT2D eigenvalue weighted by Gasteiger charge is 2.12. The molecule has 0 radical (unpaired) electrons. The Morgan fingerprint density at radius 3 is 2.41 bits per heavy atom. The Balaban J connectivity index is 2.00. The lowest BCUT2D eigenvalue weighted by molar-refractivity contribution is 0.471. The van der Waals surface area contributed by atoms with E-state index in [4.69, 9.17) is 5.73 Å². The molecule has 1 saturated carbocycles. The van der Waals surface area contributed by atoms with E-state index in [-0.39, 0.29) is 5.82 Å². The van der Waals surface area contributed by atoms with Gasteiger partial charge in [0.25, 0.3) is 0 Å². The minimum atomic E-state index is -0.229. The van der Waals surface area contributed by atoms with Crippen molar-refractivity contribution in [1.29, 1.82) is 0 Å². The second-order valence-corrected chi connectivity index (χ2v) is 4.92. The molecule has 1 aliphatic carbocycles. The molecule has 0 atom stereocenters. The van der Waals surface area contributed by atoms with Gasteiger partial charge in [0.2, 0.25) is 0 Å². The zero-order valence-electron chi connectivity index (χ0n) is 10.2. The van der Waals surface area contributed by atoms with Crippen molar-refractivity contribution >= 4 is 11.4 Å². The Bertz CT molecular complexity index is 357. The van der Waals surface area contributed by atoms with Crippen LogP contribution in [0.1, 0.15) is 44.9 Å². The lowest BCUT2D eigenvalue weighted by Gasteiger charge is -2.23. The maximum absolute atomic E-state index is 13.2. The van der Waals surface area contributed by atoms with E-state index in [1.807, 2.05) is 0 Å². The van der Waals surface area contributed by atoms with Crippen molar-refractivity contribution < 1.29 is 4.39 Å². The third-order valence-electron chi connectivity index (χ3n) is 3.48. The first-order chi connectivity index (χ1) is 8.25. The molecule has 3 heteroatoms. The fraction of sp³-hybridized carbons (Fsp3) is 0.571. The molecule has 0 aliphatic heterocycles. The molecular weight excluding hydrogens is 215 g/mol. The second-order valence-electron chi connectivity index (χ2n) is 4.92. The summed E-state index contributed by atoms with van der Waals surface area (Å²) < 4.78 is 13.2. The van der Waals surface area contributed by atoms with Gasteiger partial charge in [0.05, 0.1) is 11.4 Å². The van der Waals surface area contributed by atoms with Gasteiger partial charge in [-0.15, -0.1) is 0 Å². The number of benzene rings is 1. The first-order valence-electron chi connectivity index (χ1n) is 6.57. The lowest BCUT2D eigenvalue weighted by Crippen LogP contribution is -2.21. The van der Waals surface area contributed by atoms with Crippen LogP contribution in [0.25, 0.3) is 0 Å². The van der Waals surface area contributed by atoms with Gasteiger partial charge in [-0.05, 0) is 31.0 Å². The van der Waals surface area contributed by atoms with Crippen LogP contribution in [0.3, 0.4) is 0 Å². The van der Waals surface area contributed by atoms with Crippen molar-refractivity contribution in [2.75, 3.05) is 11.1 Å². The van der Waals surface area contributed by atoms with Crippen molar-refractivity contribution in [3.05, 3.63) is 24.0 Å². The predicted molar refractivity (Wildman–Crippen MR) is 70.5 cm³/mol. The van der Waals surface area contributed by atoms with Gasteiger partial charge in [-0.3, -0.25) is 0 Å². The topological polar surface area (TPSA) is 38.0 Å². The van der Waals surface area contributed by atoms with Gasteiger partial charge in [-0.25, -0.2) is 4.39 Å². The van der Waals surface area contributed by atoms with Gasteiger partial charge in [-0.1, -0.05) is 32.1 Å². The molecule has 0 heterocycles. The zero-order valence-corrected chi connectivity index (χ0v) is 10.2. The van der Waals surface area contributed by atoms with Crippen molar-refractivity contribution in [1.82, 2.24) is 0 Å². The molecule has 2 rings (SSSR count). The average molecular weight is 236 g/mol. The fourth-order valence-corrected chi connectivity index (χ4v) is 2.47. The van der Waals surface area contributed by atoms with Crippen LogP contribution in [0.5, 0.6) is 0 Å². The summed E-state index contributed by atoms with van der Waals surface area (Å²) >= 11 is 0. The Labute approximate surface area is 102 Å². The Morgan fingerprint density at radius 1 is 1.06 bits per heavy atom. The molecule has 0 aromatic heterocycles. The van der Waals surface area contributed by atoms with E-state index in [0.717, 1.165) is 18.5 Å². The highest BCUT2D eigenvalue weighted by Crippen LogP contribution is 2.24. The summed E-state index contributed by atoms with van der Waals surface area (Å²) in [6, 6.07) is 4.97. The number of hydrogen-bond acceptors (Lipinski definition) is 2. The van der Waals surface area contributed by atoms with Crippen LogP contribution in [-0.4, -0.2) is 6.04 Å². The van der Waals surface area contributed by atoms with Crippen LogP contribution in [0, 0.1) is 5.82 Å². The lowest BCUT2D eigenvalue weighted by atomic mass is 9.96. The van der Waals surface area contributed by atoms with Crippen molar-refractivity contribution in [2.45, 2.75) is 51.0 Å². The quantitative estimate of drug-likeness (QED) is 0.763. The summed E-state index contributed by atoms with van der Waals surface area (Å²) in [4.78, 5) is 0. The van der Waals surface area contributed by atoms with E-state index in [9.17, 15) is 4.39 Å². The monoisotopic (exact) mass is 236 g/mol. The smallest absolute Gasteiger partial charge is 0.125 e. The summed E-state index contributed by atoms with van der Waals surface area (Å²) in [5.41, 5.74) is 7.23. The van der Waals surface area contributed by atoms with Gasteiger partial charge in [0.1, 0.15) is 5.82 Å². The maximum Gasteiger partial charge on any atom is 0.125 e. The van der Waals surface area contributed by atoms with Crippen LogP contribution in [0.4, 0.5) is 15.8 Å². The molecule has 0 saturated heterocycles. The molecule has 0 spiro atoms. The first kappa shape index (κ1) is 12.2. The Kier molecular flexibility index (Phi) is 4.24. The summed E-state index contributed by atoms with van der Waals surface area (Å²) in [6.45, 7) is 0. The summed E-state index contributed by atoms with van der Waals surface area (Å²) in [5.74, 6) is -0.229. The number of rotatable bonds is 2. The van der Waals surface area contributed by atoms with Gasteiger partial charge in [0, 0.05) is 6.04 Å². The zero-order chi connectivity index (χ0) is 12.1. The van der Waals surface area contributed by atoms with E-state index in [0.29, 0.717) is 11.7 Å². The molecule has 1 aromatic rings. The predicted octanol–water partition coefficient (Wildman–Crippen LogP) is 3.93. The van der Waals surface area contributed by atoms with Gasteiger partial charge in [-0.2, -0.15) is 0 Å². The van der Waals surface area contributed by atoms with Crippen LogP contribution in [0.2, 0.25) is 0 Å². The molecule has 0 bridgehead atoms. The molecule has 0 unspecified atom stereocenters. The van der Waals surface area contributed by atoms with E-state index in [1.54, 1.807) is 6.07 Å². The molecule has 1 fully saturated rings. The molecular formula is C14H21FN2. The number of hydrogen-bond donors (Lipinski definition) is 2. The maximum atomic E-state index is 13.2. The van der Waals surface area contributed by atoms with Gasteiger partial charge < -0.3 is 11.1 Å². The van der Waals surface area contributed by atoms with Crippen molar-refractivity contribution in [3.63, 3.8) is 0 Å². The second kappa shape index (κ2) is 5.89. The van der Waals surface area contributed by atoms with Crippen molar-refractivity contribution in [3.8, 4) is 0 Å². The van der Waals surface area contributed by atoms with Crippen LogP contribution in [-0.2, 0) is 0 Å².